The molecule has 0 aromatic heterocycles. The molecule has 5 atom stereocenters. The third-order valence-corrected chi connectivity index (χ3v) is 6.38. The summed E-state index contributed by atoms with van der Waals surface area (Å²) in [5.74, 6) is -57.1. The fraction of sp³-hybridized carbons (Fsp3) is 1.00. The molecule has 2 rings (SSSR count). The molecule has 2 aliphatic carbocycles. The van der Waals surface area contributed by atoms with E-state index in [9.17, 15) is 101 Å². The van der Waals surface area contributed by atoms with Crippen LogP contribution in [0.15, 0.2) is 0 Å². The highest BCUT2D eigenvalue weighted by atomic mass is 19.4. The number of hydrogen-bond donors (Lipinski definition) is 0. The van der Waals surface area contributed by atoms with Crippen molar-refractivity contribution in [1.82, 2.24) is 0 Å². The van der Waals surface area contributed by atoms with E-state index in [0.717, 1.165) is 0 Å². The molecule has 0 radical (unpaired) electrons. The fourth-order valence-corrected chi connectivity index (χ4v) is 4.45. The molecule has 0 bridgehead atoms. The average Bonchev–Trinajstić information content (AvgIpc) is 2.70. The molecule has 0 aromatic carbocycles. The molecule has 0 nitrogen and oxygen atoms in total. The standard InChI is InChI=1S/C14F26/c15-1(9(26,27)14(38,39)40)2(16)4(18,8(24,25)11(30,31)10(28,29)7(2,22)23)6(20,21)5(19,13(35,36)37)3(1,17)12(32,33)34. The van der Waals surface area contributed by atoms with E-state index in [2.05, 4.69) is 0 Å². The predicted molar refractivity (Wildman–Crippen MR) is 67.0 cm³/mol. The van der Waals surface area contributed by atoms with Gasteiger partial charge in [-0.2, -0.15) is 92.2 Å². The molecular weight excluding hydrogens is 662 g/mol. The second-order valence-electron chi connectivity index (χ2n) is 8.23. The molecule has 0 saturated heterocycles. The molecule has 2 aliphatic rings. The first-order chi connectivity index (χ1) is 16.8. The number of hydrogen-bond acceptors (Lipinski definition) is 0. The molecule has 5 unspecified atom stereocenters. The van der Waals surface area contributed by atoms with Crippen molar-refractivity contribution in [1.29, 1.82) is 0 Å². The summed E-state index contributed by atoms with van der Waals surface area (Å²) >= 11 is 0. The number of halogens is 26. The van der Waals surface area contributed by atoms with Crippen molar-refractivity contribution in [3.63, 3.8) is 0 Å². The topological polar surface area (TPSA) is 0 Å². The van der Waals surface area contributed by atoms with Gasteiger partial charge in [-0.05, 0) is 0 Å². The van der Waals surface area contributed by atoms with Gasteiger partial charge in [-0.25, -0.2) is 22.0 Å². The quantitative estimate of drug-likeness (QED) is 0.250. The summed E-state index contributed by atoms with van der Waals surface area (Å²) in [7, 11) is 0. The summed E-state index contributed by atoms with van der Waals surface area (Å²) in [4.78, 5) is 0. The molecular formula is C14F26. The smallest absolute Gasteiger partial charge is 0.229 e. The largest absolute Gasteiger partial charge is 0.457 e. The summed E-state index contributed by atoms with van der Waals surface area (Å²) < 4.78 is 361. The highest BCUT2D eigenvalue weighted by molar-refractivity contribution is 5.50. The van der Waals surface area contributed by atoms with Crippen LogP contribution in [0.2, 0.25) is 0 Å². The Labute approximate surface area is 198 Å². The summed E-state index contributed by atoms with van der Waals surface area (Å²) in [5, 5.41) is 0. The van der Waals surface area contributed by atoms with Gasteiger partial charge < -0.3 is 0 Å². The zero-order valence-corrected chi connectivity index (χ0v) is 16.8. The van der Waals surface area contributed by atoms with Gasteiger partial charge in [0.2, 0.25) is 0 Å². The van der Waals surface area contributed by atoms with Crippen LogP contribution in [0.5, 0.6) is 0 Å². The van der Waals surface area contributed by atoms with Gasteiger partial charge in [-0.1, -0.05) is 0 Å². The minimum atomic E-state index is -10.5. The van der Waals surface area contributed by atoms with Gasteiger partial charge in [-0.3, -0.25) is 0 Å². The molecule has 0 aliphatic heterocycles. The molecule has 0 amide bonds. The van der Waals surface area contributed by atoms with Crippen LogP contribution in [0.1, 0.15) is 0 Å². The highest BCUT2D eigenvalue weighted by Gasteiger charge is 3.19. The number of fused-ring (bicyclic) bond motifs is 1. The first kappa shape index (κ1) is 34.4. The van der Waals surface area contributed by atoms with E-state index in [1.54, 1.807) is 0 Å². The lowest BCUT2D eigenvalue weighted by molar-refractivity contribution is -0.573. The lowest BCUT2D eigenvalue weighted by atomic mass is 9.44. The van der Waals surface area contributed by atoms with Crippen molar-refractivity contribution in [3.05, 3.63) is 0 Å². The van der Waals surface area contributed by atoms with E-state index in [1.165, 1.54) is 0 Å². The van der Waals surface area contributed by atoms with Crippen LogP contribution in [-0.4, -0.2) is 82.4 Å². The molecule has 0 aromatic rings. The van der Waals surface area contributed by atoms with Crippen molar-refractivity contribution in [3.8, 4) is 0 Å². The molecule has 2 fully saturated rings. The summed E-state index contributed by atoms with van der Waals surface area (Å²) in [6.45, 7) is 0. The number of rotatable bonds is 1. The van der Waals surface area contributed by atoms with Gasteiger partial charge in [0, 0.05) is 0 Å². The second kappa shape index (κ2) is 7.21. The predicted octanol–water partition coefficient (Wildman–Crippen LogP) is 8.05. The highest BCUT2D eigenvalue weighted by Crippen LogP contribution is 2.85. The van der Waals surface area contributed by atoms with Crippen LogP contribution in [0.25, 0.3) is 0 Å². The van der Waals surface area contributed by atoms with Crippen LogP contribution < -0.4 is 0 Å². The maximum Gasteiger partial charge on any atom is 0.457 e. The first-order valence-corrected chi connectivity index (χ1v) is 8.66. The number of alkyl halides is 26. The van der Waals surface area contributed by atoms with E-state index in [-0.39, 0.29) is 0 Å². The summed E-state index contributed by atoms with van der Waals surface area (Å²) in [6, 6.07) is 0. The Bertz CT molecular complexity index is 1060. The zero-order valence-electron chi connectivity index (χ0n) is 16.8. The van der Waals surface area contributed by atoms with Gasteiger partial charge in [-0.15, -0.1) is 0 Å². The van der Waals surface area contributed by atoms with Crippen molar-refractivity contribution < 1.29 is 114 Å². The Balaban J connectivity index is 3.71. The molecule has 0 N–H and O–H groups in total. The van der Waals surface area contributed by atoms with Crippen LogP contribution >= 0.6 is 0 Å². The van der Waals surface area contributed by atoms with Crippen LogP contribution in [-0.2, 0) is 0 Å². The maximum atomic E-state index is 15.3. The minimum Gasteiger partial charge on any atom is -0.229 e. The van der Waals surface area contributed by atoms with Crippen LogP contribution in [0.4, 0.5) is 114 Å². The van der Waals surface area contributed by atoms with Gasteiger partial charge in [0.15, 0.2) is 0 Å². The van der Waals surface area contributed by atoms with Gasteiger partial charge in [0.1, 0.15) is 0 Å². The maximum absolute atomic E-state index is 15.3. The molecule has 2 saturated carbocycles. The molecule has 238 valence electrons. The Morgan fingerprint density at radius 3 is 0.800 bits per heavy atom. The van der Waals surface area contributed by atoms with Crippen molar-refractivity contribution in [2.45, 2.75) is 82.4 Å². The summed E-state index contributed by atoms with van der Waals surface area (Å²) in [6.07, 6.45) is -27.8. The van der Waals surface area contributed by atoms with Crippen molar-refractivity contribution in [2.75, 3.05) is 0 Å². The Morgan fingerprint density at radius 2 is 0.550 bits per heavy atom. The van der Waals surface area contributed by atoms with Gasteiger partial charge in [0.05, 0.1) is 0 Å². The zero-order chi connectivity index (χ0) is 33.0. The first-order valence-electron chi connectivity index (χ1n) is 8.66. The molecule has 0 heterocycles. The monoisotopic (exact) mass is 662 g/mol. The minimum absolute atomic E-state index is 9.03. The normalized spacial score (nSPS) is 42.8. The van der Waals surface area contributed by atoms with E-state index in [0.29, 0.717) is 0 Å². The lowest BCUT2D eigenvalue weighted by Crippen LogP contribution is -3.04. The molecule has 0 spiro atoms. The lowest BCUT2D eigenvalue weighted by Gasteiger charge is -2.68. The summed E-state index contributed by atoms with van der Waals surface area (Å²) in [5.41, 5.74) is -50.9. The van der Waals surface area contributed by atoms with Gasteiger partial charge in [0.25, 0.3) is 22.7 Å². The van der Waals surface area contributed by atoms with E-state index < -0.39 is 82.4 Å². The van der Waals surface area contributed by atoms with E-state index in [1.807, 2.05) is 0 Å². The molecule has 40 heavy (non-hydrogen) atoms. The third kappa shape index (κ3) is 2.52. The fourth-order valence-electron chi connectivity index (χ4n) is 4.45. The van der Waals surface area contributed by atoms with Crippen molar-refractivity contribution in [2.24, 2.45) is 0 Å². The molecule has 26 heteroatoms. The third-order valence-electron chi connectivity index (χ3n) is 6.38. The Morgan fingerprint density at radius 1 is 0.275 bits per heavy atom. The Kier molecular flexibility index (Phi) is 6.19. The van der Waals surface area contributed by atoms with Crippen LogP contribution in [0.3, 0.4) is 0 Å². The van der Waals surface area contributed by atoms with Gasteiger partial charge >= 0.3 is 59.7 Å². The SMILES string of the molecule is FC(F)(F)C(F)(F)C1(F)C(F)(C(F)(F)F)C(F)(C(F)(F)F)C(F)(F)C2(F)C(F)(F)C(F)(F)C(F)(F)C(F)(F)C21F. The van der Waals surface area contributed by atoms with E-state index >= 15 is 13.2 Å². The Hall–Kier alpha value is -1.82. The van der Waals surface area contributed by atoms with Crippen molar-refractivity contribution >= 4 is 0 Å². The van der Waals surface area contributed by atoms with E-state index in [4.69, 9.17) is 0 Å². The second-order valence-corrected chi connectivity index (χ2v) is 8.23. The average molecular weight is 662 g/mol. The van der Waals surface area contributed by atoms with Crippen LogP contribution in [0, 0.1) is 0 Å².